The van der Waals surface area contributed by atoms with Crippen LogP contribution in [0.2, 0.25) is 0 Å². The van der Waals surface area contributed by atoms with Gasteiger partial charge in [-0.05, 0) is 29.8 Å². The molecule has 0 aliphatic carbocycles. The van der Waals surface area contributed by atoms with Crippen LogP contribution in [-0.2, 0) is 13.2 Å². The number of H-pyrrole nitrogens is 1. The van der Waals surface area contributed by atoms with Crippen LogP contribution in [0.1, 0.15) is 11.3 Å². The molecule has 158 valence electrons. The number of benzene rings is 3. The first kappa shape index (κ1) is 19.4. The van der Waals surface area contributed by atoms with Gasteiger partial charge in [0.15, 0.2) is 0 Å². The lowest BCUT2D eigenvalue weighted by Gasteiger charge is -2.08. The van der Waals surface area contributed by atoms with Gasteiger partial charge in [-0.3, -0.25) is 10.1 Å². The third-order valence-electron chi connectivity index (χ3n) is 4.98. The molecule has 0 fully saturated rings. The first-order valence-electron chi connectivity index (χ1n) is 9.95. The van der Waals surface area contributed by atoms with E-state index in [-0.39, 0.29) is 12.3 Å². The van der Waals surface area contributed by atoms with E-state index in [1.807, 2.05) is 48.5 Å². The predicted molar refractivity (Wildman–Crippen MR) is 118 cm³/mol. The van der Waals surface area contributed by atoms with E-state index in [4.69, 9.17) is 4.74 Å². The molecule has 0 spiro atoms. The number of non-ortho nitro benzene ring substituents is 1. The molecule has 2 heterocycles. The minimum Gasteiger partial charge on any atom is -0.486 e. The number of rotatable bonds is 7. The van der Waals surface area contributed by atoms with Crippen molar-refractivity contribution in [1.82, 2.24) is 25.0 Å². The van der Waals surface area contributed by atoms with Crippen LogP contribution in [0, 0.1) is 10.1 Å². The Labute approximate surface area is 182 Å². The number of imidazole rings is 1. The zero-order valence-corrected chi connectivity index (χ0v) is 16.9. The molecular weight excluding hydrogens is 408 g/mol. The molecule has 1 N–H and O–H groups in total. The number of ether oxygens (including phenoxy) is 1. The number of fused-ring (bicyclic) bond motifs is 1. The number of nitrogens with one attached hydrogen (secondary N) is 1. The minimum atomic E-state index is -0.419. The molecule has 0 unspecified atom stereocenters. The van der Waals surface area contributed by atoms with Crippen molar-refractivity contribution in [1.29, 1.82) is 0 Å². The fourth-order valence-electron chi connectivity index (χ4n) is 3.41. The smallest absolute Gasteiger partial charge is 0.269 e. The van der Waals surface area contributed by atoms with Crippen molar-refractivity contribution >= 4 is 16.7 Å². The summed E-state index contributed by atoms with van der Waals surface area (Å²) in [6, 6.07) is 21.9. The number of nitrogens with zero attached hydrogens (tertiary/aromatic N) is 5. The van der Waals surface area contributed by atoms with Gasteiger partial charge in [-0.25, -0.2) is 9.67 Å². The lowest BCUT2D eigenvalue weighted by Crippen LogP contribution is -2.00. The molecule has 9 heteroatoms. The molecule has 2 aromatic heterocycles. The third-order valence-corrected chi connectivity index (χ3v) is 4.98. The van der Waals surface area contributed by atoms with Crippen LogP contribution in [0.15, 0.2) is 79.0 Å². The molecule has 0 saturated heterocycles. The van der Waals surface area contributed by atoms with Crippen molar-refractivity contribution in [2.45, 2.75) is 13.2 Å². The van der Waals surface area contributed by atoms with E-state index in [9.17, 15) is 10.1 Å². The highest BCUT2D eigenvalue weighted by Crippen LogP contribution is 2.29. The van der Waals surface area contributed by atoms with E-state index in [0.29, 0.717) is 18.0 Å². The molecule has 0 aliphatic rings. The normalized spacial score (nSPS) is 11.0. The highest BCUT2D eigenvalue weighted by atomic mass is 16.6. The second-order valence-electron chi connectivity index (χ2n) is 7.22. The molecule has 9 nitrogen and oxygen atoms in total. The summed E-state index contributed by atoms with van der Waals surface area (Å²) in [6.07, 6.45) is 1.80. The average Bonchev–Trinajstić information content (AvgIpc) is 3.45. The quantitative estimate of drug-likeness (QED) is 0.306. The monoisotopic (exact) mass is 426 g/mol. The zero-order valence-electron chi connectivity index (χ0n) is 16.9. The molecule has 0 aliphatic heterocycles. The van der Waals surface area contributed by atoms with Crippen LogP contribution in [-0.4, -0.2) is 29.9 Å². The van der Waals surface area contributed by atoms with Crippen molar-refractivity contribution in [2.24, 2.45) is 0 Å². The number of aromatic amines is 1. The summed E-state index contributed by atoms with van der Waals surface area (Å²) < 4.78 is 7.70. The van der Waals surface area contributed by atoms with Gasteiger partial charge in [0.25, 0.3) is 5.69 Å². The maximum absolute atomic E-state index is 10.8. The van der Waals surface area contributed by atoms with Crippen LogP contribution < -0.4 is 4.74 Å². The first-order valence-corrected chi connectivity index (χ1v) is 9.95. The largest absolute Gasteiger partial charge is 0.486 e. The van der Waals surface area contributed by atoms with Crippen LogP contribution in [0.25, 0.3) is 22.4 Å². The van der Waals surface area contributed by atoms with Gasteiger partial charge in [0.1, 0.15) is 23.9 Å². The summed E-state index contributed by atoms with van der Waals surface area (Å²) >= 11 is 0. The summed E-state index contributed by atoms with van der Waals surface area (Å²) in [4.78, 5) is 18.3. The Hall–Kier alpha value is -4.53. The molecule has 0 bridgehead atoms. The Morgan fingerprint density at radius 2 is 1.78 bits per heavy atom. The lowest BCUT2D eigenvalue weighted by atomic mass is 10.2. The highest BCUT2D eigenvalue weighted by molar-refractivity contribution is 5.80. The van der Waals surface area contributed by atoms with Gasteiger partial charge >= 0.3 is 0 Å². The van der Waals surface area contributed by atoms with E-state index in [1.54, 1.807) is 23.0 Å². The van der Waals surface area contributed by atoms with Gasteiger partial charge in [-0.2, -0.15) is 0 Å². The number of nitro groups is 1. The predicted octanol–water partition coefficient (Wildman–Crippen LogP) is 4.36. The standard InChI is InChI=1S/C23H18N6O3/c30-29(31)18-11-9-16(10-12-18)13-28-14-17(26-27-28)15-32-22-8-4-1-5-19(22)23-24-20-6-2-3-7-21(20)25-23/h1-12,14H,13,15H2,(H,24,25). The molecular formula is C23H18N6O3. The average molecular weight is 426 g/mol. The SMILES string of the molecule is O=[N+]([O-])c1ccc(Cn2cc(COc3ccccc3-c3nc4ccccc4[nH]3)nn2)cc1. The van der Waals surface area contributed by atoms with Crippen molar-refractivity contribution < 1.29 is 9.66 Å². The van der Waals surface area contributed by atoms with E-state index in [0.717, 1.165) is 28.0 Å². The number of nitro benzene ring substituents is 1. The summed E-state index contributed by atoms with van der Waals surface area (Å²) in [5, 5.41) is 19.1. The van der Waals surface area contributed by atoms with E-state index in [2.05, 4.69) is 20.3 Å². The van der Waals surface area contributed by atoms with Crippen LogP contribution in [0.5, 0.6) is 5.75 Å². The minimum absolute atomic E-state index is 0.0598. The van der Waals surface area contributed by atoms with E-state index >= 15 is 0 Å². The Bertz CT molecular complexity index is 1360. The van der Waals surface area contributed by atoms with Gasteiger partial charge in [0.2, 0.25) is 0 Å². The molecule has 0 radical (unpaired) electrons. The second-order valence-corrected chi connectivity index (χ2v) is 7.22. The van der Waals surface area contributed by atoms with Crippen molar-refractivity contribution in [2.75, 3.05) is 0 Å². The summed E-state index contributed by atoms with van der Waals surface area (Å²) in [6.45, 7) is 0.706. The highest BCUT2D eigenvalue weighted by Gasteiger charge is 2.12. The summed E-state index contributed by atoms with van der Waals surface area (Å²) in [5.74, 6) is 1.43. The maximum Gasteiger partial charge on any atom is 0.269 e. The molecule has 32 heavy (non-hydrogen) atoms. The second kappa shape index (κ2) is 8.31. The van der Waals surface area contributed by atoms with Gasteiger partial charge < -0.3 is 9.72 Å². The van der Waals surface area contributed by atoms with Crippen molar-refractivity contribution in [3.63, 3.8) is 0 Å². The van der Waals surface area contributed by atoms with Crippen molar-refractivity contribution in [3.8, 4) is 17.1 Å². The number of hydrogen-bond donors (Lipinski definition) is 1. The summed E-state index contributed by atoms with van der Waals surface area (Å²) in [5.41, 5.74) is 4.35. The third kappa shape index (κ3) is 4.04. The van der Waals surface area contributed by atoms with Crippen LogP contribution in [0.4, 0.5) is 5.69 Å². The fourth-order valence-corrected chi connectivity index (χ4v) is 3.41. The van der Waals surface area contributed by atoms with E-state index in [1.165, 1.54) is 12.1 Å². The Kier molecular flexibility index (Phi) is 5.04. The van der Waals surface area contributed by atoms with Gasteiger partial charge in [-0.1, -0.05) is 41.6 Å². The molecule has 5 rings (SSSR count). The molecule has 3 aromatic carbocycles. The lowest BCUT2D eigenvalue weighted by molar-refractivity contribution is -0.384. The summed E-state index contributed by atoms with van der Waals surface area (Å²) in [7, 11) is 0. The molecule has 0 saturated carbocycles. The molecule has 5 aromatic rings. The zero-order chi connectivity index (χ0) is 21.9. The topological polar surface area (TPSA) is 112 Å². The number of hydrogen-bond acceptors (Lipinski definition) is 6. The van der Waals surface area contributed by atoms with Crippen LogP contribution >= 0.6 is 0 Å². The Morgan fingerprint density at radius 1 is 1.00 bits per heavy atom. The number of aromatic nitrogens is 5. The van der Waals surface area contributed by atoms with Gasteiger partial charge in [-0.15, -0.1) is 5.10 Å². The molecule has 0 atom stereocenters. The van der Waals surface area contributed by atoms with Crippen LogP contribution in [0.3, 0.4) is 0 Å². The maximum atomic E-state index is 10.8. The Balaban J connectivity index is 1.29. The number of para-hydroxylation sites is 3. The molecule has 0 amide bonds. The van der Waals surface area contributed by atoms with Gasteiger partial charge in [0, 0.05) is 12.1 Å². The Morgan fingerprint density at radius 3 is 2.59 bits per heavy atom. The fraction of sp³-hybridized carbons (Fsp3) is 0.0870. The van der Waals surface area contributed by atoms with Gasteiger partial charge in [0.05, 0.1) is 34.3 Å². The van der Waals surface area contributed by atoms with Crippen molar-refractivity contribution in [3.05, 3.63) is 100 Å². The first-order chi connectivity index (χ1) is 15.7. The van der Waals surface area contributed by atoms with E-state index < -0.39 is 4.92 Å².